The molecule has 29 heavy (non-hydrogen) atoms. The van der Waals surface area contributed by atoms with Crippen molar-refractivity contribution in [3.8, 4) is 11.4 Å². The Balaban J connectivity index is 1.47. The van der Waals surface area contributed by atoms with Crippen LogP contribution in [-0.2, 0) is 0 Å². The monoisotopic (exact) mass is 384 g/mol. The Hall–Kier alpha value is -4.06. The quantitative estimate of drug-likeness (QED) is 0.384. The van der Waals surface area contributed by atoms with E-state index in [2.05, 4.69) is 46.2 Å². The molecule has 0 spiro atoms. The highest BCUT2D eigenvalue weighted by molar-refractivity contribution is 5.92. The van der Waals surface area contributed by atoms with Gasteiger partial charge < -0.3 is 14.6 Å². The van der Waals surface area contributed by atoms with E-state index >= 15 is 0 Å². The van der Waals surface area contributed by atoms with Crippen LogP contribution in [0, 0.1) is 0 Å². The molecule has 0 atom stereocenters. The minimum atomic E-state index is -0.449. The Morgan fingerprint density at radius 1 is 0.966 bits per heavy atom. The van der Waals surface area contributed by atoms with E-state index in [-0.39, 0.29) is 0 Å². The molecule has 4 rings (SSSR count). The lowest BCUT2D eigenvalue weighted by Gasteiger charge is -2.09. The summed E-state index contributed by atoms with van der Waals surface area (Å²) in [6, 6.07) is 25.1. The van der Waals surface area contributed by atoms with Gasteiger partial charge in [-0.05, 0) is 47.2 Å². The summed E-state index contributed by atoms with van der Waals surface area (Å²) in [7, 11) is 1.55. The van der Waals surface area contributed by atoms with E-state index in [0.29, 0.717) is 11.4 Å². The molecule has 0 bridgehead atoms. The molecule has 0 unspecified atom stereocenters. The van der Waals surface area contributed by atoms with Crippen LogP contribution in [0.4, 0.5) is 10.5 Å². The molecule has 0 fully saturated rings. The number of anilines is 1. The molecular formula is C23H20N4O2. The number of ether oxygens (including phenoxy) is 1. The third-order valence-corrected chi connectivity index (χ3v) is 4.51. The number of aromatic nitrogens is 1. The summed E-state index contributed by atoms with van der Waals surface area (Å²) in [5.74, 6) is 0.580. The average Bonchev–Trinajstić information content (AvgIpc) is 3.22. The maximum atomic E-state index is 12.1. The Bertz CT molecular complexity index is 1180. The van der Waals surface area contributed by atoms with Crippen molar-refractivity contribution in [2.45, 2.75) is 0 Å². The number of amides is 2. The molecule has 6 nitrogen and oxygen atoms in total. The van der Waals surface area contributed by atoms with Gasteiger partial charge in [0.2, 0.25) is 0 Å². The number of urea groups is 1. The summed E-state index contributed by atoms with van der Waals surface area (Å²) in [5.41, 5.74) is 4.92. The van der Waals surface area contributed by atoms with E-state index in [0.717, 1.165) is 16.8 Å². The predicted octanol–water partition coefficient (Wildman–Crippen LogP) is 4.79. The van der Waals surface area contributed by atoms with Gasteiger partial charge >= 0.3 is 6.03 Å². The Morgan fingerprint density at radius 3 is 2.62 bits per heavy atom. The van der Waals surface area contributed by atoms with Gasteiger partial charge in [0.15, 0.2) is 0 Å². The lowest BCUT2D eigenvalue weighted by molar-refractivity contribution is 0.252. The van der Waals surface area contributed by atoms with Gasteiger partial charge in [-0.1, -0.05) is 42.5 Å². The van der Waals surface area contributed by atoms with Crippen molar-refractivity contribution < 1.29 is 9.53 Å². The van der Waals surface area contributed by atoms with Crippen LogP contribution in [0.25, 0.3) is 16.5 Å². The van der Waals surface area contributed by atoms with Crippen molar-refractivity contribution in [2.75, 3.05) is 12.4 Å². The topological polar surface area (TPSA) is 67.7 Å². The Morgan fingerprint density at radius 2 is 1.76 bits per heavy atom. The van der Waals surface area contributed by atoms with Gasteiger partial charge in [0.05, 0.1) is 24.7 Å². The molecule has 6 heteroatoms. The number of methoxy groups -OCH3 is 1. The molecule has 1 heterocycles. The van der Waals surface area contributed by atoms with E-state index in [1.54, 1.807) is 25.5 Å². The smallest absolute Gasteiger partial charge is 0.339 e. The molecule has 144 valence electrons. The minimum Gasteiger partial charge on any atom is -0.495 e. The van der Waals surface area contributed by atoms with Gasteiger partial charge in [0.1, 0.15) is 5.75 Å². The van der Waals surface area contributed by atoms with Gasteiger partial charge in [-0.3, -0.25) is 0 Å². The van der Waals surface area contributed by atoms with E-state index < -0.39 is 6.03 Å². The van der Waals surface area contributed by atoms with Gasteiger partial charge in [-0.2, -0.15) is 5.10 Å². The maximum Gasteiger partial charge on any atom is 0.339 e. The van der Waals surface area contributed by atoms with Crippen LogP contribution < -0.4 is 15.5 Å². The third kappa shape index (κ3) is 4.11. The van der Waals surface area contributed by atoms with Crippen molar-refractivity contribution in [3.63, 3.8) is 0 Å². The number of benzene rings is 3. The third-order valence-electron chi connectivity index (χ3n) is 4.51. The summed E-state index contributed by atoms with van der Waals surface area (Å²) in [4.78, 5) is 12.1. The molecule has 0 saturated heterocycles. The first kappa shape index (κ1) is 18.3. The highest BCUT2D eigenvalue weighted by Crippen LogP contribution is 2.23. The van der Waals surface area contributed by atoms with Gasteiger partial charge in [0, 0.05) is 11.9 Å². The van der Waals surface area contributed by atoms with Gasteiger partial charge in [-0.25, -0.2) is 10.2 Å². The van der Waals surface area contributed by atoms with E-state index in [1.165, 1.54) is 5.39 Å². The fourth-order valence-electron chi connectivity index (χ4n) is 3.12. The predicted molar refractivity (Wildman–Crippen MR) is 116 cm³/mol. The van der Waals surface area contributed by atoms with E-state index in [1.807, 2.05) is 47.2 Å². The Kier molecular flexibility index (Phi) is 5.25. The molecule has 3 aromatic carbocycles. The second-order valence-electron chi connectivity index (χ2n) is 6.36. The zero-order valence-electron chi connectivity index (χ0n) is 15.9. The number of carbonyl (C=O) groups excluding carboxylic acids is 1. The van der Waals surface area contributed by atoms with E-state index in [9.17, 15) is 4.79 Å². The van der Waals surface area contributed by atoms with Crippen LogP contribution in [-0.4, -0.2) is 23.9 Å². The van der Waals surface area contributed by atoms with Crippen molar-refractivity contribution in [3.05, 3.63) is 90.8 Å². The number of carbonyl (C=O) groups is 1. The summed E-state index contributed by atoms with van der Waals surface area (Å²) >= 11 is 0. The normalized spacial score (nSPS) is 10.9. The largest absolute Gasteiger partial charge is 0.495 e. The molecule has 0 aliphatic heterocycles. The minimum absolute atomic E-state index is 0.449. The van der Waals surface area contributed by atoms with Crippen molar-refractivity contribution >= 4 is 28.7 Å². The van der Waals surface area contributed by atoms with Crippen LogP contribution in [0.5, 0.6) is 5.75 Å². The van der Waals surface area contributed by atoms with Crippen LogP contribution in [0.15, 0.2) is 90.2 Å². The van der Waals surface area contributed by atoms with Gasteiger partial charge in [-0.15, -0.1) is 0 Å². The van der Waals surface area contributed by atoms with Crippen molar-refractivity contribution in [2.24, 2.45) is 5.10 Å². The molecule has 2 amide bonds. The lowest BCUT2D eigenvalue weighted by atomic mass is 10.1. The summed E-state index contributed by atoms with van der Waals surface area (Å²) < 4.78 is 7.23. The summed E-state index contributed by atoms with van der Waals surface area (Å²) in [6.45, 7) is 0. The number of fused-ring (bicyclic) bond motifs is 1. The van der Waals surface area contributed by atoms with Crippen LogP contribution in [0.2, 0.25) is 0 Å². The van der Waals surface area contributed by atoms with E-state index in [4.69, 9.17) is 4.74 Å². The summed E-state index contributed by atoms with van der Waals surface area (Å²) in [6.07, 6.45) is 3.57. The average molecular weight is 384 g/mol. The second-order valence-corrected chi connectivity index (χ2v) is 6.36. The SMILES string of the molecule is COc1ccccc1NC(=O)N/N=C\c1cccn1-c1ccc2ccccc2c1. The van der Waals surface area contributed by atoms with Crippen molar-refractivity contribution in [1.82, 2.24) is 9.99 Å². The molecular weight excluding hydrogens is 364 g/mol. The zero-order valence-corrected chi connectivity index (χ0v) is 15.9. The number of hydrogen-bond donors (Lipinski definition) is 2. The number of para-hydroxylation sites is 2. The molecule has 0 saturated carbocycles. The molecule has 0 aliphatic rings. The van der Waals surface area contributed by atoms with Crippen LogP contribution >= 0.6 is 0 Å². The standard InChI is InChI=1S/C23H20N4O2/c1-29-22-11-5-4-10-21(22)25-23(28)26-24-16-20-9-6-14-27(20)19-13-12-17-7-2-3-8-18(17)15-19/h2-16H,1H3,(H2,25,26,28)/b24-16-. The lowest BCUT2D eigenvalue weighted by Crippen LogP contribution is -2.24. The van der Waals surface area contributed by atoms with Gasteiger partial charge in [0.25, 0.3) is 0 Å². The fraction of sp³-hybridized carbons (Fsp3) is 0.0435. The van der Waals surface area contributed by atoms with Crippen LogP contribution in [0.3, 0.4) is 0 Å². The first-order valence-electron chi connectivity index (χ1n) is 9.14. The zero-order chi connectivity index (χ0) is 20.1. The molecule has 2 N–H and O–H groups in total. The molecule has 0 aliphatic carbocycles. The first-order chi connectivity index (χ1) is 14.2. The highest BCUT2D eigenvalue weighted by atomic mass is 16.5. The highest BCUT2D eigenvalue weighted by Gasteiger charge is 2.06. The number of hydrazone groups is 1. The maximum absolute atomic E-state index is 12.1. The molecule has 4 aromatic rings. The Labute approximate surface area is 168 Å². The second kappa shape index (κ2) is 8.31. The fourth-order valence-corrected chi connectivity index (χ4v) is 3.12. The van der Waals surface area contributed by atoms with Crippen LogP contribution in [0.1, 0.15) is 5.69 Å². The van der Waals surface area contributed by atoms with Crippen molar-refractivity contribution in [1.29, 1.82) is 0 Å². The first-order valence-corrected chi connectivity index (χ1v) is 9.14. The summed E-state index contributed by atoms with van der Waals surface area (Å²) in [5, 5.41) is 9.13. The number of nitrogens with zero attached hydrogens (tertiary/aromatic N) is 2. The number of nitrogens with one attached hydrogen (secondary N) is 2. The number of rotatable bonds is 5. The molecule has 1 aromatic heterocycles. The molecule has 0 radical (unpaired) electrons. The number of hydrogen-bond acceptors (Lipinski definition) is 3.